The van der Waals surface area contributed by atoms with Crippen LogP contribution in [0.25, 0.3) is 11.2 Å². The second-order valence-corrected chi connectivity index (χ2v) is 7.66. The SMILES string of the molecule is CC1(N)CCN(c2nc(N)nc3c2nnn3Cc2ccc(C(F)(F)F)cc2)CC1. The van der Waals surface area contributed by atoms with Crippen molar-refractivity contribution < 1.29 is 13.2 Å². The smallest absolute Gasteiger partial charge is 0.368 e. The average Bonchev–Trinajstić information content (AvgIpc) is 3.03. The Hall–Kier alpha value is -2.95. The lowest BCUT2D eigenvalue weighted by Gasteiger charge is -2.37. The fourth-order valence-corrected chi connectivity index (χ4v) is 3.39. The number of rotatable bonds is 3. The van der Waals surface area contributed by atoms with E-state index in [1.54, 1.807) is 0 Å². The molecule has 11 heteroatoms. The predicted molar refractivity (Wildman–Crippen MR) is 102 cm³/mol. The number of halogens is 3. The summed E-state index contributed by atoms with van der Waals surface area (Å²) in [6.07, 6.45) is -2.76. The molecule has 0 amide bonds. The van der Waals surface area contributed by atoms with E-state index in [0.717, 1.165) is 25.0 Å². The largest absolute Gasteiger partial charge is 0.416 e. The Kier molecular flexibility index (Phi) is 4.56. The van der Waals surface area contributed by atoms with Crippen molar-refractivity contribution >= 4 is 22.9 Å². The quantitative estimate of drug-likeness (QED) is 0.686. The molecule has 3 heterocycles. The number of fused-ring (bicyclic) bond motifs is 1. The summed E-state index contributed by atoms with van der Waals surface area (Å²) in [6, 6.07) is 4.91. The number of benzene rings is 1. The Bertz CT molecular complexity index is 1020. The molecule has 0 bridgehead atoms. The average molecular weight is 406 g/mol. The van der Waals surface area contributed by atoms with Gasteiger partial charge in [0.1, 0.15) is 0 Å². The van der Waals surface area contributed by atoms with Crippen LogP contribution in [0.4, 0.5) is 24.9 Å². The zero-order valence-electron chi connectivity index (χ0n) is 15.8. The standard InChI is InChI=1S/C18H21F3N8/c1-17(23)6-8-28(9-7-17)14-13-15(25-16(22)24-14)29(27-26-13)10-11-2-4-12(5-3-11)18(19,20)21/h2-5H,6-10,23H2,1H3,(H2,22,24,25). The lowest BCUT2D eigenvalue weighted by molar-refractivity contribution is -0.137. The van der Waals surface area contributed by atoms with Gasteiger partial charge in [-0.1, -0.05) is 17.3 Å². The van der Waals surface area contributed by atoms with Gasteiger partial charge in [0.2, 0.25) is 5.95 Å². The number of anilines is 2. The highest BCUT2D eigenvalue weighted by atomic mass is 19.4. The highest BCUT2D eigenvalue weighted by Crippen LogP contribution is 2.30. The third-order valence-corrected chi connectivity index (χ3v) is 5.18. The molecule has 0 aliphatic carbocycles. The minimum Gasteiger partial charge on any atom is -0.368 e. The van der Waals surface area contributed by atoms with Gasteiger partial charge >= 0.3 is 6.18 Å². The molecule has 1 fully saturated rings. The van der Waals surface area contributed by atoms with Gasteiger partial charge in [0.15, 0.2) is 17.0 Å². The zero-order chi connectivity index (χ0) is 20.8. The Balaban J connectivity index is 1.63. The molecule has 29 heavy (non-hydrogen) atoms. The summed E-state index contributed by atoms with van der Waals surface area (Å²) in [6.45, 7) is 3.66. The van der Waals surface area contributed by atoms with Crippen molar-refractivity contribution in [3.8, 4) is 0 Å². The van der Waals surface area contributed by atoms with Crippen molar-refractivity contribution in [1.29, 1.82) is 0 Å². The van der Waals surface area contributed by atoms with E-state index in [4.69, 9.17) is 11.5 Å². The molecule has 4 N–H and O–H groups in total. The molecule has 154 valence electrons. The first kappa shape index (κ1) is 19.4. The lowest BCUT2D eigenvalue weighted by Crippen LogP contribution is -2.48. The number of hydrogen-bond donors (Lipinski definition) is 2. The van der Waals surface area contributed by atoms with E-state index >= 15 is 0 Å². The van der Waals surface area contributed by atoms with Crippen LogP contribution in [0.3, 0.4) is 0 Å². The first-order chi connectivity index (χ1) is 13.6. The third kappa shape index (κ3) is 3.95. The van der Waals surface area contributed by atoms with Crippen molar-refractivity contribution in [1.82, 2.24) is 25.0 Å². The summed E-state index contributed by atoms with van der Waals surface area (Å²) in [7, 11) is 0. The highest BCUT2D eigenvalue weighted by molar-refractivity contribution is 5.84. The van der Waals surface area contributed by atoms with E-state index in [1.807, 2.05) is 6.92 Å². The van der Waals surface area contributed by atoms with Crippen LogP contribution < -0.4 is 16.4 Å². The topological polar surface area (TPSA) is 112 Å². The Labute approximate surface area is 164 Å². The number of nitrogen functional groups attached to an aromatic ring is 1. The molecule has 8 nitrogen and oxygen atoms in total. The monoisotopic (exact) mass is 406 g/mol. The molecule has 1 saturated heterocycles. The van der Waals surface area contributed by atoms with E-state index in [9.17, 15) is 13.2 Å². The summed E-state index contributed by atoms with van der Waals surface area (Å²) in [5.41, 5.74) is 12.8. The van der Waals surface area contributed by atoms with Crippen LogP contribution in [0, 0.1) is 0 Å². The number of hydrogen-bond acceptors (Lipinski definition) is 7. The van der Waals surface area contributed by atoms with Crippen LogP contribution in [0.5, 0.6) is 0 Å². The zero-order valence-corrected chi connectivity index (χ0v) is 15.8. The fraction of sp³-hybridized carbons (Fsp3) is 0.444. The summed E-state index contributed by atoms with van der Waals surface area (Å²) >= 11 is 0. The van der Waals surface area contributed by atoms with Crippen LogP contribution in [-0.2, 0) is 12.7 Å². The summed E-state index contributed by atoms with van der Waals surface area (Å²) < 4.78 is 39.8. The lowest BCUT2D eigenvalue weighted by atomic mass is 9.91. The van der Waals surface area contributed by atoms with Gasteiger partial charge in [-0.3, -0.25) is 0 Å². The van der Waals surface area contributed by atoms with Crippen LogP contribution >= 0.6 is 0 Å². The Morgan fingerprint density at radius 3 is 2.38 bits per heavy atom. The molecule has 4 rings (SSSR count). The molecule has 0 spiro atoms. The van der Waals surface area contributed by atoms with Gasteiger partial charge in [-0.25, -0.2) is 4.68 Å². The maximum atomic E-state index is 12.7. The van der Waals surface area contributed by atoms with E-state index in [1.165, 1.54) is 16.8 Å². The van der Waals surface area contributed by atoms with Crippen molar-refractivity contribution in [3.63, 3.8) is 0 Å². The molecular weight excluding hydrogens is 385 g/mol. The maximum absolute atomic E-state index is 12.7. The first-order valence-electron chi connectivity index (χ1n) is 9.19. The molecule has 2 aromatic heterocycles. The van der Waals surface area contributed by atoms with Crippen LogP contribution in [0.1, 0.15) is 30.9 Å². The molecule has 0 saturated carbocycles. The van der Waals surface area contributed by atoms with Gasteiger partial charge < -0.3 is 16.4 Å². The highest BCUT2D eigenvalue weighted by Gasteiger charge is 2.30. The normalized spacial score (nSPS) is 17.1. The molecular formula is C18H21F3N8. The van der Waals surface area contributed by atoms with Gasteiger partial charge in [-0.2, -0.15) is 23.1 Å². The second kappa shape index (κ2) is 6.83. The number of alkyl halides is 3. The summed E-state index contributed by atoms with van der Waals surface area (Å²) in [5, 5.41) is 8.33. The van der Waals surface area contributed by atoms with Crippen molar-refractivity contribution in [3.05, 3.63) is 35.4 Å². The first-order valence-corrected chi connectivity index (χ1v) is 9.19. The fourth-order valence-electron chi connectivity index (χ4n) is 3.39. The molecule has 3 aromatic rings. The number of nitrogens with zero attached hydrogens (tertiary/aromatic N) is 6. The van der Waals surface area contributed by atoms with E-state index < -0.39 is 11.7 Å². The minimum absolute atomic E-state index is 0.0875. The molecule has 0 unspecified atom stereocenters. The number of aromatic nitrogens is 5. The van der Waals surface area contributed by atoms with Crippen LogP contribution in [-0.4, -0.2) is 43.6 Å². The summed E-state index contributed by atoms with van der Waals surface area (Å²) in [5.74, 6) is 0.686. The second-order valence-electron chi connectivity index (χ2n) is 7.66. The number of piperidine rings is 1. The van der Waals surface area contributed by atoms with Crippen molar-refractivity contribution in [2.45, 2.75) is 38.0 Å². The Morgan fingerprint density at radius 1 is 1.10 bits per heavy atom. The Morgan fingerprint density at radius 2 is 1.76 bits per heavy atom. The van der Waals surface area contributed by atoms with Gasteiger partial charge in [0.25, 0.3) is 0 Å². The summed E-state index contributed by atoms with van der Waals surface area (Å²) in [4.78, 5) is 10.7. The van der Waals surface area contributed by atoms with Gasteiger partial charge in [0.05, 0.1) is 12.1 Å². The molecule has 1 aromatic carbocycles. The molecule has 0 radical (unpaired) electrons. The van der Waals surface area contributed by atoms with Crippen LogP contribution in [0.2, 0.25) is 0 Å². The maximum Gasteiger partial charge on any atom is 0.416 e. The third-order valence-electron chi connectivity index (χ3n) is 5.18. The predicted octanol–water partition coefficient (Wildman–Crippen LogP) is 2.19. The van der Waals surface area contributed by atoms with Crippen LogP contribution in [0.15, 0.2) is 24.3 Å². The van der Waals surface area contributed by atoms with Gasteiger partial charge in [0, 0.05) is 18.6 Å². The van der Waals surface area contributed by atoms with Gasteiger partial charge in [-0.15, -0.1) is 5.10 Å². The van der Waals surface area contributed by atoms with E-state index in [0.29, 0.717) is 35.6 Å². The van der Waals surface area contributed by atoms with Crippen molar-refractivity contribution in [2.24, 2.45) is 5.73 Å². The number of nitrogens with two attached hydrogens (primary N) is 2. The molecule has 1 aliphatic heterocycles. The minimum atomic E-state index is -4.37. The van der Waals surface area contributed by atoms with E-state index in [-0.39, 0.29) is 18.0 Å². The van der Waals surface area contributed by atoms with E-state index in [2.05, 4.69) is 25.2 Å². The van der Waals surface area contributed by atoms with Crippen molar-refractivity contribution in [2.75, 3.05) is 23.7 Å². The molecule has 1 aliphatic rings. The van der Waals surface area contributed by atoms with Gasteiger partial charge in [-0.05, 0) is 37.5 Å². The molecule has 0 atom stereocenters.